The first kappa shape index (κ1) is 17.9. The summed E-state index contributed by atoms with van der Waals surface area (Å²) in [6.07, 6.45) is 6.15. The molecule has 0 N–H and O–H groups in total. The molecule has 2 aliphatic rings. The van der Waals surface area contributed by atoms with E-state index in [2.05, 4.69) is 19.9 Å². The van der Waals surface area contributed by atoms with Gasteiger partial charge in [-0.05, 0) is 25.3 Å². The second kappa shape index (κ2) is 7.96. The predicted molar refractivity (Wildman–Crippen MR) is 101 cm³/mol. The number of amides is 1. The highest BCUT2D eigenvalue weighted by Gasteiger charge is 2.42. The summed E-state index contributed by atoms with van der Waals surface area (Å²) in [5, 5.41) is 0. The third-order valence-corrected chi connectivity index (χ3v) is 5.00. The number of aliphatic imine (C=N–C) groups is 1. The monoisotopic (exact) mass is 340 g/mol. The minimum Gasteiger partial charge on any atom is -0.372 e. The largest absolute Gasteiger partial charge is 0.372 e. The molecule has 134 valence electrons. The fourth-order valence-electron chi connectivity index (χ4n) is 3.78. The Morgan fingerprint density at radius 3 is 2.64 bits per heavy atom. The molecule has 1 aromatic carbocycles. The fourth-order valence-corrected chi connectivity index (χ4v) is 3.78. The molecule has 0 spiro atoms. The minimum absolute atomic E-state index is 0.127. The van der Waals surface area contributed by atoms with Gasteiger partial charge in [-0.1, -0.05) is 51.3 Å². The molecule has 1 unspecified atom stereocenters. The van der Waals surface area contributed by atoms with Gasteiger partial charge in [-0.15, -0.1) is 0 Å². The van der Waals surface area contributed by atoms with Crippen molar-refractivity contribution in [2.75, 3.05) is 13.7 Å². The van der Waals surface area contributed by atoms with E-state index in [0.717, 1.165) is 53.9 Å². The summed E-state index contributed by atoms with van der Waals surface area (Å²) >= 11 is 0. The average Bonchev–Trinajstić information content (AvgIpc) is 2.89. The number of unbranched alkanes of at least 4 members (excludes halogenated alkanes) is 3. The number of para-hydroxylation sites is 1. The zero-order valence-corrected chi connectivity index (χ0v) is 15.5. The topological polar surface area (TPSA) is 41.9 Å². The molecule has 0 fully saturated rings. The second-order valence-electron chi connectivity index (χ2n) is 6.77. The van der Waals surface area contributed by atoms with Crippen LogP contribution in [-0.2, 0) is 9.53 Å². The number of carbonyl (C=O) groups excluding carboxylic acids is 1. The smallest absolute Gasteiger partial charge is 0.255 e. The Kier molecular flexibility index (Phi) is 5.69. The molecule has 25 heavy (non-hydrogen) atoms. The highest BCUT2D eigenvalue weighted by atomic mass is 16.5. The Bertz CT molecular complexity index is 706. The van der Waals surface area contributed by atoms with E-state index in [9.17, 15) is 4.79 Å². The fraction of sp³-hybridized carbons (Fsp3) is 0.524. The van der Waals surface area contributed by atoms with Gasteiger partial charge in [-0.2, -0.15) is 0 Å². The quantitative estimate of drug-likeness (QED) is 0.629. The molecule has 2 heterocycles. The molecular formula is C21H28N2O2. The number of hydrogen-bond acceptors (Lipinski definition) is 3. The van der Waals surface area contributed by atoms with Crippen molar-refractivity contribution in [1.29, 1.82) is 0 Å². The maximum atomic E-state index is 13.1. The molecule has 0 saturated carbocycles. The lowest BCUT2D eigenvalue weighted by atomic mass is 9.92. The Balaban J connectivity index is 2.02. The van der Waals surface area contributed by atoms with Crippen molar-refractivity contribution in [3.63, 3.8) is 0 Å². The maximum absolute atomic E-state index is 13.1. The number of amidine groups is 1. The second-order valence-corrected chi connectivity index (χ2v) is 6.77. The van der Waals surface area contributed by atoms with Crippen molar-refractivity contribution in [3.05, 3.63) is 41.0 Å². The van der Waals surface area contributed by atoms with Crippen LogP contribution in [0.25, 0.3) is 0 Å². The van der Waals surface area contributed by atoms with Crippen molar-refractivity contribution in [2.45, 2.75) is 58.5 Å². The van der Waals surface area contributed by atoms with Gasteiger partial charge in [-0.3, -0.25) is 9.69 Å². The summed E-state index contributed by atoms with van der Waals surface area (Å²) in [4.78, 5) is 19.8. The number of hydrogen-bond donors (Lipinski definition) is 0. The Morgan fingerprint density at radius 1 is 1.12 bits per heavy atom. The van der Waals surface area contributed by atoms with Gasteiger partial charge < -0.3 is 4.74 Å². The number of nitrogens with zero attached hydrogens (tertiary/aromatic N) is 2. The highest BCUT2D eigenvalue weighted by molar-refractivity contribution is 6.23. The zero-order chi connectivity index (χ0) is 17.8. The van der Waals surface area contributed by atoms with Gasteiger partial charge in [0, 0.05) is 30.4 Å². The number of ether oxygens (including phenoxy) is 1. The third kappa shape index (κ3) is 3.28. The standard InChI is InChI=1S/C21H28N2O2/c1-4-6-7-8-12-16-18-19(25-3)15-11-9-10-13-17(15)22-20(18)23(14-5-2)21(16)24/h9-11,13,19H,4-8,12,14H2,1-3H3. The lowest BCUT2D eigenvalue weighted by Gasteiger charge is -2.27. The van der Waals surface area contributed by atoms with Gasteiger partial charge in [0.15, 0.2) is 0 Å². The van der Waals surface area contributed by atoms with Crippen LogP contribution in [0.3, 0.4) is 0 Å². The van der Waals surface area contributed by atoms with E-state index < -0.39 is 0 Å². The molecule has 0 radical (unpaired) electrons. The highest BCUT2D eigenvalue weighted by Crippen LogP contribution is 2.44. The van der Waals surface area contributed by atoms with Crippen LogP contribution >= 0.6 is 0 Å². The molecule has 0 aromatic heterocycles. The van der Waals surface area contributed by atoms with Crippen molar-refractivity contribution in [1.82, 2.24) is 4.90 Å². The average molecular weight is 340 g/mol. The normalized spacial score (nSPS) is 19.2. The van der Waals surface area contributed by atoms with Crippen molar-refractivity contribution >= 4 is 17.4 Å². The molecule has 3 rings (SSSR count). The van der Waals surface area contributed by atoms with E-state index in [-0.39, 0.29) is 12.0 Å². The van der Waals surface area contributed by atoms with Crippen LogP contribution in [0.2, 0.25) is 0 Å². The number of fused-ring (bicyclic) bond motifs is 2. The molecule has 0 aliphatic carbocycles. The number of carbonyl (C=O) groups is 1. The Labute approximate surface area is 150 Å². The van der Waals surface area contributed by atoms with Crippen LogP contribution in [0.4, 0.5) is 5.69 Å². The first-order valence-electron chi connectivity index (χ1n) is 9.48. The Hall–Kier alpha value is -1.94. The molecule has 1 atom stereocenters. The van der Waals surface area contributed by atoms with Crippen LogP contribution in [0, 0.1) is 0 Å². The van der Waals surface area contributed by atoms with Gasteiger partial charge in [0.05, 0.1) is 5.69 Å². The molecule has 1 amide bonds. The number of methoxy groups -OCH3 is 1. The van der Waals surface area contributed by atoms with E-state index in [0.29, 0.717) is 6.54 Å². The van der Waals surface area contributed by atoms with E-state index in [4.69, 9.17) is 9.73 Å². The van der Waals surface area contributed by atoms with E-state index >= 15 is 0 Å². The van der Waals surface area contributed by atoms with E-state index in [1.54, 1.807) is 7.11 Å². The molecule has 0 bridgehead atoms. The zero-order valence-electron chi connectivity index (χ0n) is 15.5. The van der Waals surface area contributed by atoms with Gasteiger partial charge in [0.1, 0.15) is 11.9 Å². The Morgan fingerprint density at radius 2 is 1.92 bits per heavy atom. The first-order chi connectivity index (χ1) is 12.2. The molecule has 0 saturated heterocycles. The first-order valence-corrected chi connectivity index (χ1v) is 9.48. The van der Waals surface area contributed by atoms with Gasteiger partial charge in [0.25, 0.3) is 5.91 Å². The van der Waals surface area contributed by atoms with Gasteiger partial charge in [0.2, 0.25) is 0 Å². The van der Waals surface area contributed by atoms with Gasteiger partial charge in [-0.25, -0.2) is 4.99 Å². The van der Waals surface area contributed by atoms with Crippen LogP contribution in [0.1, 0.15) is 64.0 Å². The van der Waals surface area contributed by atoms with E-state index in [1.165, 1.54) is 12.8 Å². The van der Waals surface area contributed by atoms with Crippen molar-refractivity contribution < 1.29 is 9.53 Å². The SMILES string of the molecule is CCCCCCC1=C2C(=Nc3ccccc3C2OC)N(CCC)C1=O. The molecule has 2 aliphatic heterocycles. The number of benzene rings is 1. The third-order valence-electron chi connectivity index (χ3n) is 5.00. The van der Waals surface area contributed by atoms with Crippen molar-refractivity contribution in [2.24, 2.45) is 4.99 Å². The van der Waals surface area contributed by atoms with Crippen LogP contribution < -0.4 is 0 Å². The molecule has 4 heteroatoms. The number of rotatable bonds is 8. The van der Waals surface area contributed by atoms with Crippen LogP contribution in [0.15, 0.2) is 40.4 Å². The lowest BCUT2D eigenvalue weighted by Crippen LogP contribution is -2.34. The summed E-state index contributed by atoms with van der Waals surface area (Å²) in [5.41, 5.74) is 3.87. The maximum Gasteiger partial charge on any atom is 0.255 e. The summed E-state index contributed by atoms with van der Waals surface area (Å²) < 4.78 is 5.85. The molecular weight excluding hydrogens is 312 g/mol. The summed E-state index contributed by atoms with van der Waals surface area (Å²) in [7, 11) is 1.72. The van der Waals surface area contributed by atoms with Gasteiger partial charge >= 0.3 is 0 Å². The molecule has 1 aromatic rings. The van der Waals surface area contributed by atoms with Crippen LogP contribution in [-0.4, -0.2) is 30.3 Å². The predicted octanol–water partition coefficient (Wildman–Crippen LogP) is 4.94. The summed E-state index contributed by atoms with van der Waals surface area (Å²) in [5.74, 6) is 0.935. The minimum atomic E-state index is -0.198. The van der Waals surface area contributed by atoms with E-state index in [1.807, 2.05) is 23.1 Å². The lowest BCUT2D eigenvalue weighted by molar-refractivity contribution is -0.123. The summed E-state index contributed by atoms with van der Waals surface area (Å²) in [6.45, 7) is 5.00. The summed E-state index contributed by atoms with van der Waals surface area (Å²) in [6, 6.07) is 8.04. The van der Waals surface area contributed by atoms with Crippen LogP contribution in [0.5, 0.6) is 0 Å². The molecule has 4 nitrogen and oxygen atoms in total. The van der Waals surface area contributed by atoms with Crippen molar-refractivity contribution in [3.8, 4) is 0 Å².